The molecule has 0 atom stereocenters. The fourth-order valence-corrected chi connectivity index (χ4v) is 1.42. The number of halogens is 2. The zero-order chi connectivity index (χ0) is 9.03. The summed E-state index contributed by atoms with van der Waals surface area (Å²) in [6, 6.07) is 9.42. The minimum Gasteiger partial charge on any atom is -0.285 e. The van der Waals surface area contributed by atoms with Crippen molar-refractivity contribution in [1.29, 1.82) is 0 Å². The lowest BCUT2D eigenvalue weighted by Gasteiger charge is -1.92. The van der Waals surface area contributed by atoms with E-state index < -0.39 is 5.85 Å². The number of hydrogen-bond donors (Lipinski definition) is 0. The quantitative estimate of drug-likeness (QED) is 0.679. The largest absolute Gasteiger partial charge is 0.285 e. The highest BCUT2D eigenvalue weighted by atomic mass is 35.9. The van der Waals surface area contributed by atoms with Crippen molar-refractivity contribution in [3.63, 3.8) is 0 Å². The molecule has 0 radical (unpaired) electrons. The van der Waals surface area contributed by atoms with E-state index in [-0.39, 0.29) is 0 Å². The predicted molar refractivity (Wildman–Crippen MR) is 54.8 cm³/mol. The first kappa shape index (κ1) is 9.85. The number of hydrogen-bond acceptors (Lipinski definition) is 1. The summed E-state index contributed by atoms with van der Waals surface area (Å²) in [5.41, 5.74) is 0.930. The van der Waals surface area contributed by atoms with Crippen LogP contribution < -0.4 is 0 Å². The zero-order valence-corrected chi connectivity index (χ0v) is 8.56. The number of benzene rings is 1. The summed E-state index contributed by atoms with van der Waals surface area (Å²) in [4.78, 5) is 0. The van der Waals surface area contributed by atoms with Gasteiger partial charge in [0.2, 0.25) is 0 Å². The van der Waals surface area contributed by atoms with Gasteiger partial charge in [-0.2, -0.15) is 0 Å². The molecule has 0 spiro atoms. The van der Waals surface area contributed by atoms with E-state index in [4.69, 9.17) is 22.5 Å². The maximum Gasteiger partial charge on any atom is 0.274 e. The van der Waals surface area contributed by atoms with Crippen LogP contribution in [-0.2, 0) is 4.57 Å². The highest BCUT2D eigenvalue weighted by molar-refractivity contribution is 8.10. The van der Waals surface area contributed by atoms with Gasteiger partial charge in [-0.3, -0.25) is 4.57 Å². The summed E-state index contributed by atoms with van der Waals surface area (Å²) in [7, 11) is 0. The van der Waals surface area contributed by atoms with Crippen LogP contribution in [0.25, 0.3) is 6.08 Å². The molecule has 0 saturated heterocycles. The first-order valence-electron chi connectivity index (χ1n) is 3.31. The van der Waals surface area contributed by atoms with Gasteiger partial charge in [0.25, 0.3) is 5.85 Å². The molecule has 0 aliphatic rings. The molecular formula is C8H7Cl2OP. The highest BCUT2D eigenvalue weighted by Gasteiger charge is 2.05. The molecule has 0 heterocycles. The van der Waals surface area contributed by atoms with Gasteiger partial charge in [-0.25, -0.2) is 0 Å². The third-order valence-corrected chi connectivity index (χ3v) is 2.41. The third-order valence-electron chi connectivity index (χ3n) is 1.24. The molecule has 1 aromatic rings. The van der Waals surface area contributed by atoms with E-state index in [2.05, 4.69) is 0 Å². The van der Waals surface area contributed by atoms with Crippen molar-refractivity contribution < 1.29 is 4.57 Å². The van der Waals surface area contributed by atoms with Gasteiger partial charge >= 0.3 is 0 Å². The van der Waals surface area contributed by atoms with Crippen molar-refractivity contribution in [3.05, 3.63) is 41.7 Å². The second-order valence-corrected chi connectivity index (χ2v) is 7.06. The predicted octanol–water partition coefficient (Wildman–Crippen LogP) is 4.33. The molecule has 64 valence electrons. The van der Waals surface area contributed by atoms with Gasteiger partial charge in [-0.05, 0) is 34.1 Å². The Kier molecular flexibility index (Phi) is 3.39. The van der Waals surface area contributed by atoms with Crippen molar-refractivity contribution in [1.82, 2.24) is 0 Å². The van der Waals surface area contributed by atoms with E-state index in [9.17, 15) is 4.57 Å². The lowest BCUT2D eigenvalue weighted by molar-refractivity contribution is 0.597. The van der Waals surface area contributed by atoms with Crippen LogP contribution >= 0.6 is 28.3 Å². The molecule has 0 fully saturated rings. The molecule has 0 aliphatic heterocycles. The van der Waals surface area contributed by atoms with Crippen LogP contribution in [0.1, 0.15) is 5.56 Å². The van der Waals surface area contributed by atoms with E-state index >= 15 is 0 Å². The Morgan fingerprint density at radius 1 is 1.17 bits per heavy atom. The third kappa shape index (κ3) is 3.96. The van der Waals surface area contributed by atoms with Gasteiger partial charge < -0.3 is 0 Å². The lowest BCUT2D eigenvalue weighted by atomic mass is 10.2. The maximum atomic E-state index is 10.8. The summed E-state index contributed by atoms with van der Waals surface area (Å²) < 4.78 is 10.8. The Balaban J connectivity index is 2.78. The van der Waals surface area contributed by atoms with Crippen molar-refractivity contribution >= 4 is 34.4 Å². The fourth-order valence-electron chi connectivity index (χ4n) is 0.737. The van der Waals surface area contributed by atoms with Crippen LogP contribution in [0.15, 0.2) is 36.1 Å². The summed E-state index contributed by atoms with van der Waals surface area (Å²) in [6.45, 7) is 0. The summed E-state index contributed by atoms with van der Waals surface area (Å²) >= 11 is 10.6. The maximum absolute atomic E-state index is 10.8. The Hall–Kier alpha value is -0.230. The molecule has 0 amide bonds. The van der Waals surface area contributed by atoms with Crippen LogP contribution in [0, 0.1) is 0 Å². The minimum absolute atomic E-state index is 0.930. The van der Waals surface area contributed by atoms with Crippen molar-refractivity contribution in [2.24, 2.45) is 0 Å². The SMILES string of the molecule is O=P(Cl)(Cl)/C=C/c1ccccc1. The van der Waals surface area contributed by atoms with Crippen molar-refractivity contribution in [2.45, 2.75) is 0 Å². The summed E-state index contributed by atoms with van der Waals surface area (Å²) in [6.07, 6.45) is 1.64. The first-order chi connectivity index (χ1) is 5.58. The van der Waals surface area contributed by atoms with E-state index in [1.54, 1.807) is 6.08 Å². The van der Waals surface area contributed by atoms with E-state index in [0.717, 1.165) is 5.56 Å². The smallest absolute Gasteiger partial charge is 0.274 e. The molecule has 0 aliphatic carbocycles. The van der Waals surface area contributed by atoms with E-state index in [1.807, 2.05) is 30.3 Å². The Morgan fingerprint density at radius 3 is 2.25 bits per heavy atom. The Bertz CT molecular complexity index is 315. The first-order valence-corrected chi connectivity index (χ1v) is 6.90. The van der Waals surface area contributed by atoms with Gasteiger partial charge in [0, 0.05) is 5.82 Å². The van der Waals surface area contributed by atoms with Gasteiger partial charge in [0.15, 0.2) is 0 Å². The summed E-state index contributed by atoms with van der Waals surface area (Å²) in [5.74, 6) is -1.76. The Morgan fingerprint density at radius 2 is 1.75 bits per heavy atom. The molecule has 1 aromatic carbocycles. The van der Waals surface area contributed by atoms with Gasteiger partial charge in [-0.1, -0.05) is 30.3 Å². The van der Waals surface area contributed by atoms with E-state index in [1.165, 1.54) is 5.82 Å². The molecule has 0 aromatic heterocycles. The number of rotatable bonds is 2. The summed E-state index contributed by atoms with van der Waals surface area (Å²) in [5, 5.41) is 0. The standard InChI is InChI=1S/C8H7Cl2OP/c9-12(10,11)7-6-8-4-2-1-3-5-8/h1-7H/b7-6+. The van der Waals surface area contributed by atoms with Crippen molar-refractivity contribution in [2.75, 3.05) is 0 Å². The molecule has 12 heavy (non-hydrogen) atoms. The molecule has 0 N–H and O–H groups in total. The van der Waals surface area contributed by atoms with Gasteiger partial charge in [-0.15, -0.1) is 0 Å². The molecule has 0 unspecified atom stereocenters. The molecule has 1 rings (SSSR count). The van der Waals surface area contributed by atoms with Gasteiger partial charge in [0.1, 0.15) is 0 Å². The fraction of sp³-hybridized carbons (Fsp3) is 0. The second kappa shape index (κ2) is 4.13. The molecule has 4 heteroatoms. The van der Waals surface area contributed by atoms with Crippen LogP contribution in [0.4, 0.5) is 0 Å². The molecular weight excluding hydrogens is 214 g/mol. The van der Waals surface area contributed by atoms with Crippen LogP contribution in [0.2, 0.25) is 0 Å². The topological polar surface area (TPSA) is 17.1 Å². The Labute approximate surface area is 81.0 Å². The average Bonchev–Trinajstić information content (AvgIpc) is 2.02. The van der Waals surface area contributed by atoms with Crippen LogP contribution in [0.3, 0.4) is 0 Å². The monoisotopic (exact) mass is 220 g/mol. The average molecular weight is 221 g/mol. The van der Waals surface area contributed by atoms with Gasteiger partial charge in [0.05, 0.1) is 0 Å². The normalized spacial score (nSPS) is 12.2. The highest BCUT2D eigenvalue weighted by Crippen LogP contribution is 2.58. The molecule has 0 saturated carbocycles. The molecule has 1 nitrogen and oxygen atoms in total. The van der Waals surface area contributed by atoms with E-state index in [0.29, 0.717) is 0 Å². The molecule has 0 bridgehead atoms. The lowest BCUT2D eigenvalue weighted by Crippen LogP contribution is -1.66. The van der Waals surface area contributed by atoms with Crippen LogP contribution in [-0.4, -0.2) is 0 Å². The minimum atomic E-state index is -3.07. The van der Waals surface area contributed by atoms with Crippen LogP contribution in [0.5, 0.6) is 0 Å². The second-order valence-electron chi connectivity index (χ2n) is 2.23. The van der Waals surface area contributed by atoms with Crippen molar-refractivity contribution in [3.8, 4) is 0 Å². The zero-order valence-electron chi connectivity index (χ0n) is 6.15.